The maximum atomic E-state index is 12.4. The molecule has 1 N–H and O–H groups in total. The summed E-state index contributed by atoms with van der Waals surface area (Å²) in [4.78, 5) is 26.2. The number of nitrogens with zero attached hydrogens (tertiary/aromatic N) is 1. The molecule has 5 nitrogen and oxygen atoms in total. The topological polar surface area (TPSA) is 58.6 Å². The van der Waals surface area contributed by atoms with Crippen LogP contribution in [0.4, 0.5) is 5.69 Å². The van der Waals surface area contributed by atoms with Gasteiger partial charge in [-0.2, -0.15) is 0 Å². The molecule has 0 unspecified atom stereocenters. The Balaban J connectivity index is 1.38. The van der Waals surface area contributed by atoms with E-state index in [0.29, 0.717) is 36.5 Å². The minimum absolute atomic E-state index is 0.0566. The van der Waals surface area contributed by atoms with Gasteiger partial charge in [0.25, 0.3) is 0 Å². The van der Waals surface area contributed by atoms with Crippen LogP contribution < -0.4 is 10.2 Å². The first-order chi connectivity index (χ1) is 12.6. The van der Waals surface area contributed by atoms with Gasteiger partial charge in [0.1, 0.15) is 0 Å². The predicted octanol–water partition coefficient (Wildman–Crippen LogP) is 3.55. The van der Waals surface area contributed by atoms with Gasteiger partial charge in [0.05, 0.1) is 22.7 Å². The summed E-state index contributed by atoms with van der Waals surface area (Å²) in [7, 11) is 0. The van der Waals surface area contributed by atoms with Crippen LogP contribution in [0, 0.1) is 5.92 Å². The van der Waals surface area contributed by atoms with Crippen molar-refractivity contribution < 1.29 is 14.3 Å². The first kappa shape index (κ1) is 19.2. The predicted molar refractivity (Wildman–Crippen MR) is 102 cm³/mol. The van der Waals surface area contributed by atoms with Crippen molar-refractivity contribution in [2.75, 3.05) is 24.6 Å². The van der Waals surface area contributed by atoms with Crippen molar-refractivity contribution in [2.24, 2.45) is 5.92 Å². The zero-order valence-electron chi connectivity index (χ0n) is 15.1. The van der Waals surface area contributed by atoms with Crippen LogP contribution in [0.3, 0.4) is 0 Å². The number of hydrogen-bond donors (Lipinski definition) is 1. The number of carbonyl (C=O) groups excluding carboxylic acids is 2. The average Bonchev–Trinajstić information content (AvgIpc) is 3.04. The largest absolute Gasteiger partial charge is 0.378 e. The molecule has 2 amide bonds. The highest BCUT2D eigenvalue weighted by atomic mass is 35.5. The van der Waals surface area contributed by atoms with Crippen molar-refractivity contribution in [1.82, 2.24) is 5.32 Å². The lowest BCUT2D eigenvalue weighted by Gasteiger charge is -2.22. The van der Waals surface area contributed by atoms with Gasteiger partial charge in [-0.05, 0) is 31.4 Å². The lowest BCUT2D eigenvalue weighted by molar-refractivity contribution is -0.126. The van der Waals surface area contributed by atoms with Crippen molar-refractivity contribution in [1.29, 1.82) is 0 Å². The van der Waals surface area contributed by atoms with Crippen LogP contribution in [0.25, 0.3) is 0 Å². The van der Waals surface area contributed by atoms with Crippen molar-refractivity contribution in [3.63, 3.8) is 0 Å². The van der Waals surface area contributed by atoms with E-state index in [1.807, 2.05) is 18.2 Å². The zero-order chi connectivity index (χ0) is 18.4. The average molecular weight is 379 g/mol. The van der Waals surface area contributed by atoms with Gasteiger partial charge in [0.2, 0.25) is 11.8 Å². The summed E-state index contributed by atoms with van der Waals surface area (Å²) in [5.74, 6) is -0.442. The summed E-state index contributed by atoms with van der Waals surface area (Å²) < 4.78 is 5.87. The van der Waals surface area contributed by atoms with Gasteiger partial charge in [-0.1, -0.05) is 43.0 Å². The second kappa shape index (κ2) is 9.38. The molecule has 1 saturated heterocycles. The van der Waals surface area contributed by atoms with E-state index in [9.17, 15) is 9.59 Å². The molecule has 2 fully saturated rings. The number of rotatable bonds is 7. The molecule has 1 heterocycles. The van der Waals surface area contributed by atoms with Crippen LogP contribution in [0.5, 0.6) is 0 Å². The van der Waals surface area contributed by atoms with E-state index in [1.165, 1.54) is 19.3 Å². The van der Waals surface area contributed by atoms with E-state index in [0.717, 1.165) is 19.3 Å². The van der Waals surface area contributed by atoms with Crippen molar-refractivity contribution in [3.8, 4) is 0 Å². The van der Waals surface area contributed by atoms with Gasteiger partial charge in [-0.15, -0.1) is 0 Å². The number of amides is 2. The molecular formula is C20H27ClN2O3. The Morgan fingerprint density at radius 2 is 2.00 bits per heavy atom. The molecule has 0 aromatic heterocycles. The summed E-state index contributed by atoms with van der Waals surface area (Å²) in [6.07, 6.45) is 7.60. The molecule has 0 bridgehead atoms. The van der Waals surface area contributed by atoms with Crippen molar-refractivity contribution in [2.45, 2.75) is 51.0 Å². The number of ether oxygens (including phenoxy) is 1. The van der Waals surface area contributed by atoms with Gasteiger partial charge in [0, 0.05) is 26.1 Å². The fourth-order valence-corrected chi connectivity index (χ4v) is 3.93. The van der Waals surface area contributed by atoms with Gasteiger partial charge < -0.3 is 15.0 Å². The fourth-order valence-electron chi connectivity index (χ4n) is 3.70. The van der Waals surface area contributed by atoms with Gasteiger partial charge in [0.15, 0.2) is 0 Å². The van der Waals surface area contributed by atoms with E-state index >= 15 is 0 Å². The van der Waals surface area contributed by atoms with Crippen molar-refractivity contribution in [3.05, 3.63) is 29.3 Å². The first-order valence-electron chi connectivity index (χ1n) is 9.59. The molecule has 1 aromatic rings. The Bertz CT molecular complexity index is 631. The first-order valence-corrected chi connectivity index (χ1v) is 9.97. The SMILES string of the molecule is O=C(NCCCOC1CCCCC1)[C@H]1CC(=O)N(c2ccccc2Cl)C1. The van der Waals surface area contributed by atoms with Crippen LogP contribution in [0.2, 0.25) is 5.02 Å². The summed E-state index contributed by atoms with van der Waals surface area (Å²) in [5.41, 5.74) is 0.676. The number of halogens is 1. The molecule has 1 aliphatic carbocycles. The molecule has 1 aromatic carbocycles. The van der Waals surface area contributed by atoms with Crippen LogP contribution in [0.15, 0.2) is 24.3 Å². The number of anilines is 1. The molecule has 0 spiro atoms. The second-order valence-electron chi connectivity index (χ2n) is 7.13. The normalized spacial score (nSPS) is 21.2. The molecule has 26 heavy (non-hydrogen) atoms. The number of benzene rings is 1. The minimum Gasteiger partial charge on any atom is -0.378 e. The molecule has 2 aliphatic rings. The van der Waals surface area contributed by atoms with Crippen LogP contribution >= 0.6 is 11.6 Å². The highest BCUT2D eigenvalue weighted by molar-refractivity contribution is 6.33. The van der Waals surface area contributed by atoms with E-state index in [1.54, 1.807) is 11.0 Å². The quantitative estimate of drug-likeness (QED) is 0.738. The standard InChI is InChI=1S/C20H27ClN2O3/c21-17-9-4-5-10-18(17)23-14-15(13-19(23)24)20(25)22-11-6-12-26-16-7-2-1-3-8-16/h4-5,9-10,15-16H,1-3,6-8,11-14H2,(H,22,25)/t15-/m0/s1. The third-order valence-corrected chi connectivity index (χ3v) is 5.48. The number of nitrogens with one attached hydrogen (secondary N) is 1. The molecule has 142 valence electrons. The maximum absolute atomic E-state index is 12.4. The van der Waals surface area contributed by atoms with E-state index in [2.05, 4.69) is 5.32 Å². The lowest BCUT2D eigenvalue weighted by Crippen LogP contribution is -2.34. The smallest absolute Gasteiger partial charge is 0.227 e. The molecule has 0 radical (unpaired) electrons. The molecule has 1 atom stereocenters. The van der Waals surface area contributed by atoms with Gasteiger partial charge in [-0.3, -0.25) is 9.59 Å². The Morgan fingerprint density at radius 1 is 1.23 bits per heavy atom. The fraction of sp³-hybridized carbons (Fsp3) is 0.600. The maximum Gasteiger partial charge on any atom is 0.227 e. The number of hydrogen-bond acceptors (Lipinski definition) is 3. The Hall–Kier alpha value is -1.59. The van der Waals surface area contributed by atoms with Gasteiger partial charge in [-0.25, -0.2) is 0 Å². The summed E-state index contributed by atoms with van der Waals surface area (Å²) in [6, 6.07) is 7.23. The second-order valence-corrected chi connectivity index (χ2v) is 7.54. The molecular weight excluding hydrogens is 352 g/mol. The monoisotopic (exact) mass is 378 g/mol. The third-order valence-electron chi connectivity index (χ3n) is 5.17. The molecule has 1 saturated carbocycles. The van der Waals surface area contributed by atoms with E-state index in [-0.39, 0.29) is 24.2 Å². The number of carbonyl (C=O) groups is 2. The third kappa shape index (κ3) is 4.98. The van der Waals surface area contributed by atoms with Gasteiger partial charge >= 0.3 is 0 Å². The Morgan fingerprint density at radius 3 is 2.77 bits per heavy atom. The highest BCUT2D eigenvalue weighted by Crippen LogP contribution is 2.31. The van der Waals surface area contributed by atoms with Crippen LogP contribution in [-0.4, -0.2) is 37.6 Å². The Kier molecular flexibility index (Phi) is 6.92. The lowest BCUT2D eigenvalue weighted by atomic mass is 9.98. The van der Waals surface area contributed by atoms with Crippen molar-refractivity contribution >= 4 is 29.1 Å². The highest BCUT2D eigenvalue weighted by Gasteiger charge is 2.35. The molecule has 3 rings (SSSR count). The van der Waals surface area contributed by atoms with E-state index in [4.69, 9.17) is 16.3 Å². The van der Waals surface area contributed by atoms with E-state index < -0.39 is 0 Å². The van der Waals surface area contributed by atoms with Crippen LogP contribution in [0.1, 0.15) is 44.9 Å². The minimum atomic E-state index is -0.321. The summed E-state index contributed by atoms with van der Waals surface area (Å²) in [5, 5.41) is 3.47. The summed E-state index contributed by atoms with van der Waals surface area (Å²) in [6.45, 7) is 1.65. The Labute approximate surface area is 160 Å². The summed E-state index contributed by atoms with van der Waals surface area (Å²) >= 11 is 6.17. The molecule has 6 heteroatoms. The van der Waals surface area contributed by atoms with Crippen LogP contribution in [-0.2, 0) is 14.3 Å². The zero-order valence-corrected chi connectivity index (χ0v) is 15.8. The molecule has 1 aliphatic heterocycles. The number of para-hydroxylation sites is 1.